The third-order valence-electron chi connectivity index (χ3n) is 2.59. The average Bonchev–Trinajstić information content (AvgIpc) is 2.80. The third kappa shape index (κ3) is 4.02. The summed E-state index contributed by atoms with van der Waals surface area (Å²) >= 11 is 0. The second kappa shape index (κ2) is 6.82. The summed E-state index contributed by atoms with van der Waals surface area (Å²) in [5.74, 6) is -0.600. The minimum absolute atomic E-state index is 0.215. The number of ether oxygens (including phenoxy) is 1. The van der Waals surface area contributed by atoms with Crippen molar-refractivity contribution in [2.45, 2.75) is 38.1 Å². The molecule has 4 N–H and O–H groups in total. The van der Waals surface area contributed by atoms with E-state index in [1.165, 1.54) is 0 Å². The van der Waals surface area contributed by atoms with E-state index < -0.39 is 15.9 Å². The topological polar surface area (TPSA) is 127 Å². The van der Waals surface area contributed by atoms with Crippen LogP contribution in [0.5, 0.6) is 0 Å². The van der Waals surface area contributed by atoms with Gasteiger partial charge in [0.2, 0.25) is 10.0 Å². The molecule has 1 heterocycles. The van der Waals surface area contributed by atoms with Crippen molar-refractivity contribution >= 4 is 15.9 Å². The molecule has 0 saturated heterocycles. The van der Waals surface area contributed by atoms with Gasteiger partial charge in [0.05, 0.1) is 12.3 Å². The number of aromatic nitrogens is 2. The van der Waals surface area contributed by atoms with Crippen molar-refractivity contribution in [3.05, 3.63) is 11.4 Å². The quantitative estimate of drug-likeness (QED) is 0.641. The molecular formula is C11H20N4O4S. The van der Waals surface area contributed by atoms with Crippen molar-refractivity contribution < 1.29 is 17.9 Å². The lowest BCUT2D eigenvalue weighted by Gasteiger charge is -2.13. The fourth-order valence-corrected chi connectivity index (χ4v) is 2.64. The Morgan fingerprint density at radius 3 is 2.65 bits per heavy atom. The van der Waals surface area contributed by atoms with Crippen molar-refractivity contribution in [2.75, 3.05) is 13.2 Å². The first-order valence-corrected chi connectivity index (χ1v) is 7.84. The summed E-state index contributed by atoms with van der Waals surface area (Å²) in [4.78, 5) is 11.8. The minimum Gasteiger partial charge on any atom is -0.380 e. The lowest BCUT2D eigenvalue weighted by molar-refractivity contribution is 0.0864. The molecule has 114 valence electrons. The lowest BCUT2D eigenvalue weighted by atomic mass is 10.2. The number of nitrogens with zero attached hydrogens (tertiary/aromatic N) is 1. The van der Waals surface area contributed by atoms with Gasteiger partial charge in [-0.3, -0.25) is 9.89 Å². The number of carbonyl (C=O) groups excluding carboxylic acids is 1. The molecule has 1 rings (SSSR count). The van der Waals surface area contributed by atoms with Crippen molar-refractivity contribution in [1.29, 1.82) is 0 Å². The highest BCUT2D eigenvalue weighted by Gasteiger charge is 2.27. The van der Waals surface area contributed by atoms with Gasteiger partial charge in [0.1, 0.15) is 4.90 Å². The van der Waals surface area contributed by atoms with Crippen LogP contribution in [0, 0.1) is 0 Å². The molecule has 0 bridgehead atoms. The number of sulfonamides is 1. The highest BCUT2D eigenvalue weighted by molar-refractivity contribution is 7.89. The summed E-state index contributed by atoms with van der Waals surface area (Å²) in [6, 6.07) is -0.266. The van der Waals surface area contributed by atoms with Crippen LogP contribution in [-0.4, -0.2) is 43.8 Å². The van der Waals surface area contributed by atoms with Gasteiger partial charge >= 0.3 is 0 Å². The van der Waals surface area contributed by atoms with Crippen molar-refractivity contribution in [3.63, 3.8) is 0 Å². The van der Waals surface area contributed by atoms with Gasteiger partial charge in [-0.05, 0) is 20.3 Å². The number of primary sulfonamides is 1. The van der Waals surface area contributed by atoms with E-state index in [1.807, 2.05) is 6.92 Å². The molecule has 0 aliphatic heterocycles. The van der Waals surface area contributed by atoms with Gasteiger partial charge in [0.15, 0.2) is 5.69 Å². The molecule has 8 nitrogen and oxygen atoms in total. The Hall–Kier alpha value is -1.45. The van der Waals surface area contributed by atoms with Crippen LogP contribution in [0.25, 0.3) is 0 Å². The molecule has 9 heteroatoms. The van der Waals surface area contributed by atoms with Crippen LogP contribution in [0.3, 0.4) is 0 Å². The molecule has 1 unspecified atom stereocenters. The largest absolute Gasteiger partial charge is 0.380 e. The highest BCUT2D eigenvalue weighted by Crippen LogP contribution is 2.17. The second-order valence-corrected chi connectivity index (χ2v) is 5.81. The standard InChI is InChI=1S/C11H20N4O4S/c1-4-8-10(20(12,17)18)9(15-14-8)11(16)13-7(3)6-19-5-2/h7H,4-6H2,1-3H3,(H,13,16)(H,14,15)(H2,12,17,18). The molecule has 1 amide bonds. The number of hydrogen-bond donors (Lipinski definition) is 3. The second-order valence-electron chi connectivity index (χ2n) is 4.31. The molecular weight excluding hydrogens is 284 g/mol. The first kappa shape index (κ1) is 16.6. The zero-order valence-electron chi connectivity index (χ0n) is 11.8. The maximum Gasteiger partial charge on any atom is 0.273 e. The van der Waals surface area contributed by atoms with Crippen LogP contribution in [-0.2, 0) is 21.2 Å². The number of H-pyrrole nitrogens is 1. The predicted octanol–water partition coefficient (Wildman–Crippen LogP) is -0.226. The number of carbonyl (C=O) groups is 1. The molecule has 0 aromatic carbocycles. The molecule has 0 radical (unpaired) electrons. The molecule has 1 aromatic heterocycles. The highest BCUT2D eigenvalue weighted by atomic mass is 32.2. The SMILES string of the molecule is CCOCC(C)NC(=O)c1n[nH]c(CC)c1S(N)(=O)=O. The van der Waals surface area contributed by atoms with E-state index in [1.54, 1.807) is 13.8 Å². The van der Waals surface area contributed by atoms with E-state index in [9.17, 15) is 13.2 Å². The van der Waals surface area contributed by atoms with Gasteiger partial charge in [-0.25, -0.2) is 13.6 Å². The Kier molecular flexibility index (Phi) is 5.66. The van der Waals surface area contributed by atoms with Crippen molar-refractivity contribution in [1.82, 2.24) is 15.5 Å². The average molecular weight is 304 g/mol. The number of aryl methyl sites for hydroxylation is 1. The minimum atomic E-state index is -4.02. The molecule has 20 heavy (non-hydrogen) atoms. The molecule has 0 aliphatic carbocycles. The van der Waals surface area contributed by atoms with Crippen LogP contribution < -0.4 is 10.5 Å². The normalized spacial score (nSPS) is 13.2. The van der Waals surface area contributed by atoms with Crippen LogP contribution in [0.1, 0.15) is 37.0 Å². The molecule has 0 spiro atoms. The molecule has 0 saturated carbocycles. The van der Waals surface area contributed by atoms with Gasteiger partial charge in [-0.15, -0.1) is 0 Å². The van der Waals surface area contributed by atoms with E-state index in [2.05, 4.69) is 15.5 Å². The molecule has 1 atom stereocenters. The summed E-state index contributed by atoms with van der Waals surface area (Å²) < 4.78 is 28.3. The number of nitrogens with two attached hydrogens (primary N) is 1. The van der Waals surface area contributed by atoms with Gasteiger partial charge in [0.25, 0.3) is 5.91 Å². The van der Waals surface area contributed by atoms with E-state index in [4.69, 9.17) is 9.88 Å². The number of nitrogens with one attached hydrogen (secondary N) is 2. The van der Waals surface area contributed by atoms with Gasteiger partial charge in [0, 0.05) is 12.6 Å². The number of aromatic amines is 1. The van der Waals surface area contributed by atoms with Gasteiger partial charge in [-0.2, -0.15) is 5.10 Å². The summed E-state index contributed by atoms with van der Waals surface area (Å²) in [6.07, 6.45) is 0.376. The zero-order valence-corrected chi connectivity index (χ0v) is 12.6. The molecule has 0 aliphatic rings. The Morgan fingerprint density at radius 1 is 1.50 bits per heavy atom. The smallest absolute Gasteiger partial charge is 0.273 e. The number of amides is 1. The van der Waals surface area contributed by atoms with E-state index >= 15 is 0 Å². The Balaban J connectivity index is 2.97. The monoisotopic (exact) mass is 304 g/mol. The summed E-state index contributed by atoms with van der Waals surface area (Å²) in [5, 5.41) is 14.0. The summed E-state index contributed by atoms with van der Waals surface area (Å²) in [5.41, 5.74) is 0.0998. The number of hydrogen-bond acceptors (Lipinski definition) is 5. The predicted molar refractivity (Wildman–Crippen MR) is 72.8 cm³/mol. The van der Waals surface area contributed by atoms with Crippen LogP contribution in [0.2, 0.25) is 0 Å². The van der Waals surface area contributed by atoms with E-state index in [-0.39, 0.29) is 16.6 Å². The summed E-state index contributed by atoms with van der Waals surface area (Å²) in [7, 11) is -4.02. The zero-order chi connectivity index (χ0) is 15.3. The molecule has 1 aromatic rings. The van der Waals surface area contributed by atoms with E-state index in [0.29, 0.717) is 25.3 Å². The first-order valence-electron chi connectivity index (χ1n) is 6.29. The van der Waals surface area contributed by atoms with E-state index in [0.717, 1.165) is 0 Å². The fraction of sp³-hybridized carbons (Fsp3) is 0.636. The van der Waals surface area contributed by atoms with Gasteiger partial charge in [-0.1, -0.05) is 6.92 Å². The maximum absolute atomic E-state index is 12.0. The Morgan fingerprint density at radius 2 is 2.15 bits per heavy atom. The number of rotatable bonds is 7. The first-order chi connectivity index (χ1) is 9.31. The van der Waals surface area contributed by atoms with Crippen LogP contribution in [0.15, 0.2) is 4.90 Å². The lowest BCUT2D eigenvalue weighted by Crippen LogP contribution is -2.37. The summed E-state index contributed by atoms with van der Waals surface area (Å²) in [6.45, 7) is 6.19. The van der Waals surface area contributed by atoms with Crippen LogP contribution >= 0.6 is 0 Å². The Bertz CT molecular complexity index is 567. The fourth-order valence-electron chi connectivity index (χ4n) is 1.70. The van der Waals surface area contributed by atoms with Crippen molar-refractivity contribution in [2.24, 2.45) is 5.14 Å². The van der Waals surface area contributed by atoms with Crippen molar-refractivity contribution in [3.8, 4) is 0 Å². The molecule has 0 fully saturated rings. The maximum atomic E-state index is 12.0. The Labute approximate surface area is 118 Å². The van der Waals surface area contributed by atoms with Gasteiger partial charge < -0.3 is 10.1 Å². The third-order valence-corrected chi connectivity index (χ3v) is 3.60. The van der Waals surface area contributed by atoms with Crippen LogP contribution in [0.4, 0.5) is 0 Å².